The highest BCUT2D eigenvalue weighted by Gasteiger charge is 2.25. The fraction of sp³-hybridized carbons (Fsp3) is 0.385. The third-order valence-corrected chi connectivity index (χ3v) is 3.56. The molecule has 0 aliphatic carbocycles. The third kappa shape index (κ3) is 3.02. The topological polar surface area (TPSA) is 78.9 Å². The first-order chi connectivity index (χ1) is 9.50. The quantitative estimate of drug-likeness (QED) is 0.897. The zero-order valence-corrected chi connectivity index (χ0v) is 11.7. The van der Waals surface area contributed by atoms with Gasteiger partial charge in [0.1, 0.15) is 5.56 Å². The number of carbonyl (C=O) groups is 2. The van der Waals surface area contributed by atoms with Crippen LogP contribution in [0.5, 0.6) is 0 Å². The molecule has 0 spiro atoms. The number of anilines is 1. The average molecular weight is 299 g/mol. The molecule has 6 nitrogen and oxygen atoms in total. The second-order valence-electron chi connectivity index (χ2n) is 4.53. The molecular formula is C13H15ClN2O4. The van der Waals surface area contributed by atoms with Crippen molar-refractivity contribution in [3.05, 3.63) is 28.8 Å². The zero-order chi connectivity index (χ0) is 14.7. The molecule has 1 atom stereocenters. The molecule has 1 heterocycles. The van der Waals surface area contributed by atoms with Gasteiger partial charge in [-0.3, -0.25) is 0 Å². The standard InChI is InChI=1S/C13H15ClN2O4/c1-16(8-5-6-20-7-8)13(19)15-10-4-2-3-9(14)11(10)12(17)18/h2-4,8H,5-7H2,1H3,(H,15,19)(H,17,18). The van der Waals surface area contributed by atoms with Gasteiger partial charge in [0.15, 0.2) is 0 Å². The lowest BCUT2D eigenvalue weighted by molar-refractivity contribution is 0.0698. The molecule has 108 valence electrons. The number of halogens is 1. The van der Waals surface area contributed by atoms with Crippen LogP contribution in [0.25, 0.3) is 0 Å². The van der Waals surface area contributed by atoms with Crippen LogP contribution >= 0.6 is 11.6 Å². The Morgan fingerprint density at radius 2 is 2.25 bits per heavy atom. The number of nitrogens with one attached hydrogen (secondary N) is 1. The van der Waals surface area contributed by atoms with Crippen LogP contribution in [0.3, 0.4) is 0 Å². The summed E-state index contributed by atoms with van der Waals surface area (Å²) in [6, 6.07) is 4.18. The van der Waals surface area contributed by atoms with Crippen LogP contribution in [0.15, 0.2) is 18.2 Å². The highest BCUT2D eigenvalue weighted by molar-refractivity contribution is 6.34. The predicted molar refractivity (Wildman–Crippen MR) is 74.4 cm³/mol. The molecule has 0 aromatic heterocycles. The molecule has 0 bridgehead atoms. The summed E-state index contributed by atoms with van der Waals surface area (Å²) in [6.45, 7) is 1.12. The number of carbonyl (C=O) groups excluding carboxylic acids is 1. The molecule has 0 radical (unpaired) electrons. The number of aromatic carboxylic acids is 1. The molecule has 1 aromatic carbocycles. The van der Waals surface area contributed by atoms with Crippen LogP contribution in [-0.4, -0.2) is 48.3 Å². The minimum Gasteiger partial charge on any atom is -0.478 e. The highest BCUT2D eigenvalue weighted by Crippen LogP contribution is 2.25. The molecule has 20 heavy (non-hydrogen) atoms. The summed E-state index contributed by atoms with van der Waals surface area (Å²) in [6.07, 6.45) is 0.769. The fourth-order valence-electron chi connectivity index (χ4n) is 2.04. The Morgan fingerprint density at radius 3 is 2.85 bits per heavy atom. The van der Waals surface area contributed by atoms with Crippen molar-refractivity contribution in [3.8, 4) is 0 Å². The van der Waals surface area contributed by atoms with E-state index in [1.54, 1.807) is 13.1 Å². The molecule has 1 aromatic rings. The van der Waals surface area contributed by atoms with E-state index in [2.05, 4.69) is 5.32 Å². The summed E-state index contributed by atoms with van der Waals surface area (Å²) in [5.41, 5.74) is 0.0688. The number of carboxylic acid groups (broad SMARTS) is 1. The minimum absolute atomic E-state index is 0.00228. The number of nitrogens with zero attached hydrogens (tertiary/aromatic N) is 1. The lowest BCUT2D eigenvalue weighted by Gasteiger charge is -2.24. The second-order valence-corrected chi connectivity index (χ2v) is 4.93. The summed E-state index contributed by atoms with van der Waals surface area (Å²) < 4.78 is 5.22. The van der Waals surface area contributed by atoms with E-state index in [1.165, 1.54) is 17.0 Å². The van der Waals surface area contributed by atoms with Crippen LogP contribution in [0.2, 0.25) is 5.02 Å². The van der Waals surface area contributed by atoms with Gasteiger partial charge in [-0.2, -0.15) is 0 Å². The van der Waals surface area contributed by atoms with Gasteiger partial charge in [-0.1, -0.05) is 17.7 Å². The van der Waals surface area contributed by atoms with E-state index in [4.69, 9.17) is 21.4 Å². The van der Waals surface area contributed by atoms with Gasteiger partial charge in [-0.25, -0.2) is 9.59 Å². The monoisotopic (exact) mass is 298 g/mol. The van der Waals surface area contributed by atoms with Gasteiger partial charge in [-0.05, 0) is 18.6 Å². The summed E-state index contributed by atoms with van der Waals surface area (Å²) in [4.78, 5) is 24.8. The Bertz CT molecular complexity index is 529. The van der Waals surface area contributed by atoms with Gasteiger partial charge >= 0.3 is 12.0 Å². The van der Waals surface area contributed by atoms with E-state index < -0.39 is 5.97 Å². The maximum Gasteiger partial charge on any atom is 0.339 e. The van der Waals surface area contributed by atoms with Crippen molar-refractivity contribution < 1.29 is 19.4 Å². The molecule has 1 aliphatic rings. The van der Waals surface area contributed by atoms with Gasteiger partial charge in [0, 0.05) is 13.7 Å². The summed E-state index contributed by atoms with van der Waals surface area (Å²) >= 11 is 5.85. The Labute approximate surface area is 121 Å². The zero-order valence-electron chi connectivity index (χ0n) is 10.9. The third-order valence-electron chi connectivity index (χ3n) is 3.24. The van der Waals surface area contributed by atoms with Crippen LogP contribution in [0.4, 0.5) is 10.5 Å². The van der Waals surface area contributed by atoms with Gasteiger partial charge in [0.25, 0.3) is 0 Å². The van der Waals surface area contributed by atoms with E-state index in [1.807, 2.05) is 0 Å². The SMILES string of the molecule is CN(C(=O)Nc1cccc(Cl)c1C(=O)O)C1CCOC1. The van der Waals surface area contributed by atoms with Crippen molar-refractivity contribution in [3.63, 3.8) is 0 Å². The molecule has 1 unspecified atom stereocenters. The number of likely N-dealkylation sites (N-methyl/N-ethyl adjacent to an activating group) is 1. The van der Waals surface area contributed by atoms with Gasteiger partial charge in [-0.15, -0.1) is 0 Å². The largest absolute Gasteiger partial charge is 0.478 e. The molecular weight excluding hydrogens is 284 g/mol. The summed E-state index contributed by atoms with van der Waals surface area (Å²) in [5, 5.41) is 11.8. The van der Waals surface area contributed by atoms with Gasteiger partial charge in [0.2, 0.25) is 0 Å². The maximum atomic E-state index is 12.1. The van der Waals surface area contributed by atoms with Crippen molar-refractivity contribution in [1.82, 2.24) is 4.90 Å². The van der Waals surface area contributed by atoms with Crippen LogP contribution < -0.4 is 5.32 Å². The average Bonchev–Trinajstić information content (AvgIpc) is 2.91. The smallest absolute Gasteiger partial charge is 0.339 e. The van der Waals surface area contributed by atoms with E-state index in [0.29, 0.717) is 13.2 Å². The molecule has 0 saturated carbocycles. The Morgan fingerprint density at radius 1 is 1.50 bits per heavy atom. The van der Waals surface area contributed by atoms with Crippen LogP contribution in [0, 0.1) is 0 Å². The normalized spacial score (nSPS) is 17.8. The van der Waals surface area contributed by atoms with Crippen molar-refractivity contribution >= 4 is 29.3 Å². The lowest BCUT2D eigenvalue weighted by Crippen LogP contribution is -2.40. The Balaban J connectivity index is 2.15. The number of hydrogen-bond donors (Lipinski definition) is 2. The number of amides is 2. The van der Waals surface area contributed by atoms with Crippen molar-refractivity contribution in [1.29, 1.82) is 0 Å². The van der Waals surface area contributed by atoms with Crippen molar-refractivity contribution in [2.45, 2.75) is 12.5 Å². The van der Waals surface area contributed by atoms with Crippen LogP contribution in [0.1, 0.15) is 16.8 Å². The van der Waals surface area contributed by atoms with Crippen LogP contribution in [-0.2, 0) is 4.74 Å². The number of ether oxygens (including phenoxy) is 1. The minimum atomic E-state index is -1.18. The van der Waals surface area contributed by atoms with E-state index in [9.17, 15) is 9.59 Å². The highest BCUT2D eigenvalue weighted by atomic mass is 35.5. The Kier molecular flexibility index (Phi) is 4.46. The molecule has 2 N–H and O–H groups in total. The molecule has 2 rings (SSSR count). The van der Waals surface area contributed by atoms with Crippen molar-refractivity contribution in [2.24, 2.45) is 0 Å². The number of rotatable bonds is 3. The molecule has 1 aliphatic heterocycles. The number of benzene rings is 1. The molecule has 7 heteroatoms. The second kappa shape index (κ2) is 6.11. The van der Waals surface area contributed by atoms with E-state index >= 15 is 0 Å². The number of urea groups is 1. The summed E-state index contributed by atoms with van der Waals surface area (Å²) in [7, 11) is 1.65. The summed E-state index contributed by atoms with van der Waals surface area (Å²) in [5.74, 6) is -1.18. The Hall–Kier alpha value is -1.79. The molecule has 1 saturated heterocycles. The first-order valence-corrected chi connectivity index (χ1v) is 6.52. The maximum absolute atomic E-state index is 12.1. The predicted octanol–water partition coefficient (Wildman–Crippen LogP) is 2.29. The van der Waals surface area contributed by atoms with Gasteiger partial charge < -0.3 is 20.1 Å². The lowest BCUT2D eigenvalue weighted by atomic mass is 10.2. The fourth-order valence-corrected chi connectivity index (χ4v) is 2.30. The first kappa shape index (κ1) is 14.6. The molecule has 2 amide bonds. The van der Waals surface area contributed by atoms with E-state index in [0.717, 1.165) is 6.42 Å². The van der Waals surface area contributed by atoms with Gasteiger partial charge in [0.05, 0.1) is 23.4 Å². The number of carboxylic acids is 1. The molecule has 1 fully saturated rings. The van der Waals surface area contributed by atoms with E-state index in [-0.39, 0.29) is 28.3 Å². The van der Waals surface area contributed by atoms with Crippen molar-refractivity contribution in [2.75, 3.05) is 25.6 Å². The number of hydrogen-bond acceptors (Lipinski definition) is 3. The first-order valence-electron chi connectivity index (χ1n) is 6.14.